The summed E-state index contributed by atoms with van der Waals surface area (Å²) in [6, 6.07) is 14.5. The Kier molecular flexibility index (Phi) is 5.64. The molecule has 30 heavy (non-hydrogen) atoms. The summed E-state index contributed by atoms with van der Waals surface area (Å²) in [6.07, 6.45) is -0.653. The number of likely N-dealkylation sites (tertiary alicyclic amines) is 1. The fraction of sp³-hybridized carbons (Fsp3) is 0.417. The van der Waals surface area contributed by atoms with Gasteiger partial charge in [-0.3, -0.25) is 0 Å². The SMILES string of the molecule is CN1CCC(COCc2cc(C(F)(F)F)cc3ccn(C)c23)(c2ccccc2)CC1. The molecule has 1 aliphatic heterocycles. The quantitative estimate of drug-likeness (QED) is 0.556. The van der Waals surface area contributed by atoms with Gasteiger partial charge < -0.3 is 14.2 Å². The molecule has 1 aromatic heterocycles. The summed E-state index contributed by atoms with van der Waals surface area (Å²) in [4.78, 5) is 2.31. The van der Waals surface area contributed by atoms with Crippen LogP contribution in [0.5, 0.6) is 0 Å². The number of nitrogens with zero attached hydrogens (tertiary/aromatic N) is 2. The number of ether oxygens (including phenoxy) is 1. The molecule has 160 valence electrons. The number of piperidine rings is 1. The van der Waals surface area contributed by atoms with Crippen LogP contribution in [0.15, 0.2) is 54.7 Å². The zero-order valence-electron chi connectivity index (χ0n) is 17.4. The second kappa shape index (κ2) is 8.08. The molecule has 0 saturated carbocycles. The van der Waals surface area contributed by atoms with Crippen molar-refractivity contribution in [2.75, 3.05) is 26.7 Å². The molecule has 0 spiro atoms. The standard InChI is InChI=1S/C24H27F3N2O/c1-28-12-9-23(10-13-28,20-6-4-3-5-7-20)17-30-16-19-15-21(24(25,26)27)14-18-8-11-29(2)22(18)19/h3-8,11,14-15H,9-10,12-13,16-17H2,1-2H3. The van der Waals surface area contributed by atoms with Gasteiger partial charge in [0, 0.05) is 29.6 Å². The highest BCUT2D eigenvalue weighted by Gasteiger charge is 2.36. The van der Waals surface area contributed by atoms with E-state index in [4.69, 9.17) is 4.74 Å². The first-order chi connectivity index (χ1) is 14.3. The van der Waals surface area contributed by atoms with Gasteiger partial charge in [0.15, 0.2) is 0 Å². The first kappa shape index (κ1) is 20.9. The number of hydrogen-bond acceptors (Lipinski definition) is 2. The van der Waals surface area contributed by atoms with Gasteiger partial charge in [-0.05, 0) is 56.7 Å². The summed E-state index contributed by atoms with van der Waals surface area (Å²) in [5.41, 5.74) is 1.87. The van der Waals surface area contributed by atoms with Crippen molar-refractivity contribution < 1.29 is 17.9 Å². The Bertz CT molecular complexity index is 1000. The molecule has 1 saturated heterocycles. The normalized spacial score (nSPS) is 17.5. The third-order valence-corrected chi connectivity index (χ3v) is 6.34. The van der Waals surface area contributed by atoms with Crippen molar-refractivity contribution >= 4 is 10.9 Å². The molecule has 1 aliphatic rings. The number of hydrogen-bond donors (Lipinski definition) is 0. The number of halogens is 3. The topological polar surface area (TPSA) is 17.4 Å². The minimum Gasteiger partial charge on any atom is -0.376 e. The van der Waals surface area contributed by atoms with Crippen molar-refractivity contribution in [1.29, 1.82) is 0 Å². The average Bonchev–Trinajstić information content (AvgIpc) is 3.11. The van der Waals surface area contributed by atoms with Crippen molar-refractivity contribution in [2.45, 2.75) is 31.0 Å². The van der Waals surface area contributed by atoms with Crippen LogP contribution in [0, 0.1) is 0 Å². The Morgan fingerprint density at radius 3 is 2.37 bits per heavy atom. The van der Waals surface area contributed by atoms with Crippen molar-refractivity contribution in [1.82, 2.24) is 9.47 Å². The molecule has 4 rings (SSSR count). The van der Waals surface area contributed by atoms with Crippen LogP contribution in [0.1, 0.15) is 29.5 Å². The third-order valence-electron chi connectivity index (χ3n) is 6.34. The van der Waals surface area contributed by atoms with Gasteiger partial charge in [0.2, 0.25) is 0 Å². The summed E-state index contributed by atoms with van der Waals surface area (Å²) in [7, 11) is 3.96. The molecule has 0 radical (unpaired) electrons. The van der Waals surface area contributed by atoms with Gasteiger partial charge in [0.1, 0.15) is 0 Å². The Morgan fingerprint density at radius 1 is 1.00 bits per heavy atom. The fourth-order valence-corrected chi connectivity index (χ4v) is 4.53. The molecule has 3 aromatic rings. The second-order valence-electron chi connectivity index (χ2n) is 8.44. The molecular formula is C24H27F3N2O. The zero-order valence-corrected chi connectivity index (χ0v) is 17.4. The maximum absolute atomic E-state index is 13.4. The minimum absolute atomic E-state index is 0.108. The van der Waals surface area contributed by atoms with Crippen LogP contribution in [0.3, 0.4) is 0 Å². The third kappa shape index (κ3) is 4.12. The number of alkyl halides is 3. The Morgan fingerprint density at radius 2 is 1.70 bits per heavy atom. The van der Waals surface area contributed by atoms with Crippen molar-refractivity contribution in [3.05, 3.63) is 71.4 Å². The molecule has 0 aliphatic carbocycles. The number of rotatable bonds is 5. The molecule has 0 unspecified atom stereocenters. The summed E-state index contributed by atoms with van der Waals surface area (Å²) in [6.45, 7) is 2.60. The number of aryl methyl sites for hydroxylation is 1. The van der Waals surface area contributed by atoms with Crippen LogP contribution in [-0.4, -0.2) is 36.2 Å². The molecule has 6 heteroatoms. The molecule has 3 nitrogen and oxygen atoms in total. The predicted molar refractivity (Wildman–Crippen MR) is 112 cm³/mol. The number of benzene rings is 2. The maximum atomic E-state index is 13.4. The Hall–Kier alpha value is -2.31. The highest BCUT2D eigenvalue weighted by Crippen LogP contribution is 2.37. The van der Waals surface area contributed by atoms with Crippen LogP contribution in [0.4, 0.5) is 13.2 Å². The van der Waals surface area contributed by atoms with E-state index in [1.54, 1.807) is 12.3 Å². The maximum Gasteiger partial charge on any atom is 0.416 e. The summed E-state index contributed by atoms with van der Waals surface area (Å²) < 4.78 is 48.2. The van der Waals surface area contributed by atoms with E-state index in [-0.39, 0.29) is 12.0 Å². The molecule has 0 N–H and O–H groups in total. The van der Waals surface area contributed by atoms with E-state index in [0.717, 1.165) is 31.4 Å². The van der Waals surface area contributed by atoms with E-state index in [1.165, 1.54) is 17.7 Å². The first-order valence-electron chi connectivity index (χ1n) is 10.3. The van der Waals surface area contributed by atoms with Gasteiger partial charge >= 0.3 is 6.18 Å². The lowest BCUT2D eigenvalue weighted by Crippen LogP contribution is -2.43. The first-order valence-corrected chi connectivity index (χ1v) is 10.3. The Balaban J connectivity index is 1.59. The van der Waals surface area contributed by atoms with Crippen molar-refractivity contribution in [2.24, 2.45) is 7.05 Å². The lowest BCUT2D eigenvalue weighted by molar-refractivity contribution is -0.137. The number of fused-ring (bicyclic) bond motifs is 1. The van der Waals surface area contributed by atoms with Crippen LogP contribution < -0.4 is 0 Å². The molecule has 2 heterocycles. The summed E-state index contributed by atoms with van der Waals surface area (Å²) in [5.74, 6) is 0. The van der Waals surface area contributed by atoms with Crippen molar-refractivity contribution in [3.63, 3.8) is 0 Å². The van der Waals surface area contributed by atoms with Crippen LogP contribution in [-0.2, 0) is 30.0 Å². The molecule has 1 fully saturated rings. The molecular weight excluding hydrogens is 389 g/mol. The lowest BCUT2D eigenvalue weighted by atomic mass is 9.73. The molecule has 0 atom stereocenters. The van der Waals surface area contributed by atoms with Crippen LogP contribution in [0.2, 0.25) is 0 Å². The van der Waals surface area contributed by atoms with E-state index < -0.39 is 11.7 Å². The van der Waals surface area contributed by atoms with E-state index in [9.17, 15) is 13.2 Å². The highest BCUT2D eigenvalue weighted by molar-refractivity contribution is 5.84. The van der Waals surface area contributed by atoms with Crippen LogP contribution in [0.25, 0.3) is 10.9 Å². The summed E-state index contributed by atoms with van der Waals surface area (Å²) >= 11 is 0. The van der Waals surface area contributed by atoms with Gasteiger partial charge in [0.25, 0.3) is 0 Å². The van der Waals surface area contributed by atoms with Gasteiger partial charge in [0.05, 0.1) is 24.3 Å². The largest absolute Gasteiger partial charge is 0.416 e. The van der Waals surface area contributed by atoms with Gasteiger partial charge in [-0.1, -0.05) is 30.3 Å². The van der Waals surface area contributed by atoms with Gasteiger partial charge in [-0.2, -0.15) is 13.2 Å². The second-order valence-corrected chi connectivity index (χ2v) is 8.44. The molecule has 2 aromatic carbocycles. The predicted octanol–water partition coefficient (Wildman–Crippen LogP) is 5.38. The van der Waals surface area contributed by atoms with Crippen molar-refractivity contribution in [3.8, 4) is 0 Å². The zero-order chi connectivity index (χ0) is 21.4. The molecule has 0 bridgehead atoms. The van der Waals surface area contributed by atoms with Crippen LogP contribution >= 0.6 is 0 Å². The average molecular weight is 416 g/mol. The highest BCUT2D eigenvalue weighted by atomic mass is 19.4. The lowest BCUT2D eigenvalue weighted by Gasteiger charge is -2.41. The summed E-state index contributed by atoms with van der Waals surface area (Å²) in [5, 5.41) is 0.586. The van der Waals surface area contributed by atoms with E-state index >= 15 is 0 Å². The van der Waals surface area contributed by atoms with Gasteiger partial charge in [-0.15, -0.1) is 0 Å². The van der Waals surface area contributed by atoms with E-state index in [0.29, 0.717) is 17.6 Å². The smallest absolute Gasteiger partial charge is 0.376 e. The fourth-order valence-electron chi connectivity index (χ4n) is 4.53. The van der Waals surface area contributed by atoms with E-state index in [1.807, 2.05) is 29.8 Å². The number of aromatic nitrogens is 1. The molecule has 0 amide bonds. The minimum atomic E-state index is -4.38. The monoisotopic (exact) mass is 416 g/mol. The Labute approximate surface area is 175 Å². The van der Waals surface area contributed by atoms with E-state index in [2.05, 4.69) is 24.1 Å². The van der Waals surface area contributed by atoms with Gasteiger partial charge in [-0.25, -0.2) is 0 Å².